The molecule has 42 heavy (non-hydrogen) atoms. The summed E-state index contributed by atoms with van der Waals surface area (Å²) < 4.78 is 29.0. The number of allylic oxidation sites excluding steroid dienone is 3. The van der Waals surface area contributed by atoms with E-state index in [0.29, 0.717) is 23.5 Å². The molecule has 216 valence electrons. The van der Waals surface area contributed by atoms with Gasteiger partial charge in [-0.25, -0.2) is 17.4 Å². The van der Waals surface area contributed by atoms with E-state index in [9.17, 15) is 13.2 Å². The predicted molar refractivity (Wildman–Crippen MR) is 169 cm³/mol. The van der Waals surface area contributed by atoms with E-state index < -0.39 is 14.8 Å². The molecule has 7 nitrogen and oxygen atoms in total. The summed E-state index contributed by atoms with van der Waals surface area (Å²) in [7, 11) is 1.67. The van der Waals surface area contributed by atoms with E-state index >= 15 is 0 Å². The van der Waals surface area contributed by atoms with E-state index in [0.717, 1.165) is 47.2 Å². The Morgan fingerprint density at radius 1 is 1.02 bits per heavy atom. The van der Waals surface area contributed by atoms with Crippen LogP contribution in [0.4, 0.5) is 0 Å². The average molecular weight is 581 g/mol. The molecule has 1 fully saturated rings. The fourth-order valence-electron chi connectivity index (χ4n) is 6.09. The van der Waals surface area contributed by atoms with E-state index in [4.69, 9.17) is 0 Å². The second-order valence-corrected chi connectivity index (χ2v) is 14.2. The molecule has 2 atom stereocenters. The number of carbonyl (C=O) groups excluding carboxylic acids is 1. The van der Waals surface area contributed by atoms with Gasteiger partial charge in [-0.15, -0.1) is 0 Å². The van der Waals surface area contributed by atoms with Crippen molar-refractivity contribution < 1.29 is 13.2 Å². The zero-order valence-corrected chi connectivity index (χ0v) is 25.3. The first-order chi connectivity index (χ1) is 20.1. The van der Waals surface area contributed by atoms with Gasteiger partial charge in [-0.1, -0.05) is 54.6 Å². The van der Waals surface area contributed by atoms with Gasteiger partial charge in [0, 0.05) is 49.5 Å². The molecule has 0 radical (unpaired) electrons. The average Bonchev–Trinajstić information content (AvgIpc) is 3.61. The molecule has 2 aromatic heterocycles. The molecular weight excluding hydrogens is 544 g/mol. The summed E-state index contributed by atoms with van der Waals surface area (Å²) in [6, 6.07) is 19.5. The van der Waals surface area contributed by atoms with Crippen LogP contribution in [0.15, 0.2) is 91.3 Å². The summed E-state index contributed by atoms with van der Waals surface area (Å²) in [5, 5.41) is 0.736. The maximum absolute atomic E-state index is 14.4. The molecule has 0 bridgehead atoms. The predicted octanol–water partition coefficient (Wildman–Crippen LogP) is 5.80. The molecule has 3 heterocycles. The van der Waals surface area contributed by atoms with E-state index in [-0.39, 0.29) is 5.91 Å². The number of likely N-dealkylation sites (N-methyl/N-ethyl adjacent to an activating group) is 1. The Morgan fingerprint density at radius 2 is 1.74 bits per heavy atom. The van der Waals surface area contributed by atoms with Gasteiger partial charge < -0.3 is 9.80 Å². The second-order valence-electron chi connectivity index (χ2n) is 11.9. The molecule has 4 aromatic rings. The van der Waals surface area contributed by atoms with Crippen LogP contribution in [0, 0.1) is 0 Å². The Labute approximate surface area is 247 Å². The van der Waals surface area contributed by atoms with Crippen molar-refractivity contribution >= 4 is 32.5 Å². The van der Waals surface area contributed by atoms with Crippen molar-refractivity contribution in [2.75, 3.05) is 34.2 Å². The monoisotopic (exact) mass is 580 g/mol. The Balaban J connectivity index is 1.36. The SMILES string of the molecule is CN1CCC(c2ccc(C3=CC(C)(S(=O)(=O)n4cc(-c5ccc(C(=O)N(C)C)cc5)c5cccnc54)CC=C3)cc2)C1. The Kier molecular flexibility index (Phi) is 7.15. The van der Waals surface area contributed by atoms with Crippen LogP contribution in [-0.4, -0.2) is 72.1 Å². The zero-order chi connectivity index (χ0) is 29.6. The van der Waals surface area contributed by atoms with Crippen molar-refractivity contribution in [3.8, 4) is 11.1 Å². The minimum Gasteiger partial charge on any atom is -0.345 e. The number of amides is 1. The second kappa shape index (κ2) is 10.7. The minimum absolute atomic E-state index is 0.0881. The summed E-state index contributed by atoms with van der Waals surface area (Å²) in [4.78, 5) is 20.8. The molecule has 0 N–H and O–H groups in total. The van der Waals surface area contributed by atoms with Gasteiger partial charge in [0.1, 0.15) is 4.75 Å². The smallest absolute Gasteiger partial charge is 0.253 e. The standard InChI is InChI=1S/C34H36N4O3S/c1-34(18-5-7-28(21-34)24-9-11-25(12-10-24)29-17-20-37(4)22-29)42(40,41)38-23-31(30-8-6-19-35-32(30)38)26-13-15-27(16-14-26)33(39)36(2)3/h5-16,19,21,23,29H,17-18,20,22H2,1-4H3. The van der Waals surface area contributed by atoms with Crippen LogP contribution in [0.3, 0.4) is 0 Å². The number of carbonyl (C=O) groups is 1. The molecule has 1 aliphatic heterocycles. The van der Waals surface area contributed by atoms with E-state index in [1.807, 2.05) is 42.5 Å². The number of hydrogen-bond acceptors (Lipinski definition) is 5. The summed E-state index contributed by atoms with van der Waals surface area (Å²) >= 11 is 0. The number of nitrogens with zero attached hydrogens (tertiary/aromatic N) is 4. The third-order valence-corrected chi connectivity index (χ3v) is 10.9. The van der Waals surface area contributed by atoms with Crippen molar-refractivity contribution in [2.24, 2.45) is 0 Å². The normalized spacial score (nSPS) is 21.0. The molecule has 6 rings (SSSR count). The van der Waals surface area contributed by atoms with Crippen LogP contribution in [-0.2, 0) is 10.0 Å². The van der Waals surface area contributed by atoms with Crippen molar-refractivity contribution in [1.82, 2.24) is 18.8 Å². The molecule has 0 saturated carbocycles. The first kappa shape index (κ1) is 28.1. The van der Waals surface area contributed by atoms with Gasteiger partial charge >= 0.3 is 0 Å². The van der Waals surface area contributed by atoms with Crippen LogP contribution >= 0.6 is 0 Å². The molecular formula is C34H36N4O3S. The van der Waals surface area contributed by atoms with Gasteiger partial charge in [-0.2, -0.15) is 0 Å². The van der Waals surface area contributed by atoms with E-state index in [2.05, 4.69) is 41.2 Å². The summed E-state index contributed by atoms with van der Waals surface area (Å²) in [6.45, 7) is 3.96. The van der Waals surface area contributed by atoms with Gasteiger partial charge in [-0.05, 0) is 85.8 Å². The Morgan fingerprint density at radius 3 is 2.40 bits per heavy atom. The fourth-order valence-corrected chi connectivity index (χ4v) is 7.74. The van der Waals surface area contributed by atoms with Gasteiger partial charge in [0.05, 0.1) is 0 Å². The lowest BCUT2D eigenvalue weighted by Gasteiger charge is -2.29. The van der Waals surface area contributed by atoms with Crippen LogP contribution in [0.5, 0.6) is 0 Å². The first-order valence-corrected chi connectivity index (χ1v) is 15.7. The van der Waals surface area contributed by atoms with Crippen molar-refractivity contribution in [3.63, 3.8) is 0 Å². The lowest BCUT2D eigenvalue weighted by atomic mass is 9.91. The number of fused-ring (bicyclic) bond motifs is 1. The summed E-state index contributed by atoms with van der Waals surface area (Å²) in [5.41, 5.74) is 5.75. The summed E-state index contributed by atoms with van der Waals surface area (Å²) in [6.07, 6.45) is 10.7. The third kappa shape index (κ3) is 4.88. The fraction of sp³-hybridized carbons (Fsp3) is 0.294. The van der Waals surface area contributed by atoms with Crippen LogP contribution in [0.2, 0.25) is 0 Å². The number of aromatic nitrogens is 2. The number of hydrogen-bond donors (Lipinski definition) is 0. The highest BCUT2D eigenvalue weighted by Crippen LogP contribution is 2.38. The molecule has 2 unspecified atom stereocenters. The van der Waals surface area contributed by atoms with Crippen molar-refractivity contribution in [1.29, 1.82) is 0 Å². The maximum atomic E-state index is 14.4. The third-order valence-electron chi connectivity index (χ3n) is 8.62. The molecule has 2 aromatic carbocycles. The highest BCUT2D eigenvalue weighted by Gasteiger charge is 2.40. The largest absolute Gasteiger partial charge is 0.345 e. The molecule has 1 saturated heterocycles. The van der Waals surface area contributed by atoms with Gasteiger partial charge in [0.25, 0.3) is 5.91 Å². The molecule has 1 aliphatic carbocycles. The highest BCUT2D eigenvalue weighted by atomic mass is 32.2. The first-order valence-electron chi connectivity index (χ1n) is 14.3. The van der Waals surface area contributed by atoms with Gasteiger partial charge in [0.2, 0.25) is 10.0 Å². The Bertz CT molecular complexity index is 1820. The number of rotatable bonds is 6. The number of pyridine rings is 1. The van der Waals surface area contributed by atoms with Crippen molar-refractivity contribution in [3.05, 3.63) is 108 Å². The number of benzene rings is 2. The lowest BCUT2D eigenvalue weighted by molar-refractivity contribution is 0.0827. The van der Waals surface area contributed by atoms with Crippen LogP contribution < -0.4 is 0 Å². The summed E-state index contributed by atoms with van der Waals surface area (Å²) in [5.74, 6) is 0.453. The van der Waals surface area contributed by atoms with Gasteiger partial charge in [0.15, 0.2) is 5.65 Å². The quantitative estimate of drug-likeness (QED) is 0.288. The van der Waals surface area contributed by atoms with E-state index in [1.165, 1.54) is 14.4 Å². The zero-order valence-electron chi connectivity index (χ0n) is 24.5. The van der Waals surface area contributed by atoms with Gasteiger partial charge in [-0.3, -0.25) is 4.79 Å². The molecule has 0 spiro atoms. The Hall–Kier alpha value is -4.01. The van der Waals surface area contributed by atoms with Crippen LogP contribution in [0.1, 0.15) is 47.2 Å². The highest BCUT2D eigenvalue weighted by molar-refractivity contribution is 7.91. The van der Waals surface area contributed by atoms with Crippen molar-refractivity contribution in [2.45, 2.75) is 30.4 Å². The topological polar surface area (TPSA) is 75.5 Å². The van der Waals surface area contributed by atoms with E-state index in [1.54, 1.807) is 45.5 Å². The minimum atomic E-state index is -3.92. The molecule has 8 heteroatoms. The molecule has 2 aliphatic rings. The van der Waals surface area contributed by atoms with Crippen LogP contribution in [0.25, 0.3) is 27.7 Å². The maximum Gasteiger partial charge on any atom is 0.253 e. The number of likely N-dealkylation sites (tertiary alicyclic amines) is 1. The molecule has 1 amide bonds. The lowest BCUT2D eigenvalue weighted by Crippen LogP contribution is -2.38.